The van der Waals surface area contributed by atoms with Crippen LogP contribution < -0.4 is 5.32 Å². The number of aliphatic hydroxyl groups excluding tert-OH is 1. The number of rotatable bonds is 3. The molecule has 1 fully saturated rings. The van der Waals surface area contributed by atoms with Crippen LogP contribution >= 0.6 is 0 Å². The minimum absolute atomic E-state index is 0.219. The smallest absolute Gasteiger partial charge is 0.407 e. The van der Waals surface area contributed by atoms with Gasteiger partial charge >= 0.3 is 6.09 Å². The molecule has 1 aromatic rings. The fourth-order valence-corrected chi connectivity index (χ4v) is 1.60. The van der Waals surface area contributed by atoms with E-state index >= 15 is 0 Å². The summed E-state index contributed by atoms with van der Waals surface area (Å²) in [6.07, 6.45) is -1.19. The number of carbonyl (C=O) groups is 1. The van der Waals surface area contributed by atoms with Gasteiger partial charge < -0.3 is 19.9 Å². The summed E-state index contributed by atoms with van der Waals surface area (Å²) in [6, 6.07) is 9.03. The average molecular weight is 237 g/mol. The highest BCUT2D eigenvalue weighted by molar-refractivity contribution is 5.67. The first kappa shape index (κ1) is 11.9. The molecule has 2 N–H and O–H groups in total. The van der Waals surface area contributed by atoms with E-state index < -0.39 is 12.2 Å². The number of amides is 1. The quantitative estimate of drug-likeness (QED) is 0.811. The number of hydrogen-bond acceptors (Lipinski definition) is 4. The summed E-state index contributed by atoms with van der Waals surface area (Å²) in [4.78, 5) is 11.4. The zero-order valence-corrected chi connectivity index (χ0v) is 9.33. The topological polar surface area (TPSA) is 67.8 Å². The second-order valence-corrected chi connectivity index (χ2v) is 3.92. The Morgan fingerprint density at radius 1 is 1.41 bits per heavy atom. The highest BCUT2D eigenvalue weighted by atomic mass is 16.6. The molecule has 1 amide bonds. The normalized spacial score (nSPS) is 23.4. The molecule has 0 aliphatic carbocycles. The second-order valence-electron chi connectivity index (χ2n) is 3.92. The summed E-state index contributed by atoms with van der Waals surface area (Å²) >= 11 is 0. The van der Waals surface area contributed by atoms with Crippen molar-refractivity contribution in [2.45, 2.75) is 18.8 Å². The fourth-order valence-electron chi connectivity index (χ4n) is 1.60. The average Bonchev–Trinajstić information content (AvgIpc) is 2.74. The Balaban J connectivity index is 1.74. The van der Waals surface area contributed by atoms with E-state index in [4.69, 9.17) is 9.47 Å². The third-order valence-corrected chi connectivity index (χ3v) is 2.57. The maximum absolute atomic E-state index is 11.4. The van der Waals surface area contributed by atoms with Crippen LogP contribution in [-0.4, -0.2) is 36.6 Å². The van der Waals surface area contributed by atoms with Gasteiger partial charge in [0, 0.05) is 0 Å². The molecule has 5 nitrogen and oxygen atoms in total. The molecule has 0 unspecified atom stereocenters. The second kappa shape index (κ2) is 5.65. The van der Waals surface area contributed by atoms with Crippen molar-refractivity contribution in [3.05, 3.63) is 35.9 Å². The summed E-state index contributed by atoms with van der Waals surface area (Å²) in [7, 11) is 0. The molecule has 2 rings (SSSR count). The predicted molar refractivity (Wildman–Crippen MR) is 60.4 cm³/mol. The number of hydrogen-bond donors (Lipinski definition) is 2. The van der Waals surface area contributed by atoms with Crippen molar-refractivity contribution < 1.29 is 19.4 Å². The first-order chi connectivity index (χ1) is 8.25. The Morgan fingerprint density at radius 3 is 2.82 bits per heavy atom. The van der Waals surface area contributed by atoms with Gasteiger partial charge in [-0.1, -0.05) is 30.3 Å². The van der Waals surface area contributed by atoms with Crippen LogP contribution in [0.4, 0.5) is 4.79 Å². The van der Waals surface area contributed by atoms with E-state index in [9.17, 15) is 9.90 Å². The minimum Gasteiger partial charge on any atom is -0.445 e. The lowest BCUT2D eigenvalue weighted by atomic mass is 10.2. The maximum Gasteiger partial charge on any atom is 0.407 e. The van der Waals surface area contributed by atoms with Crippen LogP contribution in [0.25, 0.3) is 0 Å². The van der Waals surface area contributed by atoms with Gasteiger partial charge in [0.05, 0.1) is 25.4 Å². The van der Waals surface area contributed by atoms with Gasteiger partial charge in [0.15, 0.2) is 0 Å². The van der Waals surface area contributed by atoms with E-state index in [1.807, 2.05) is 30.3 Å². The molecule has 1 heterocycles. The summed E-state index contributed by atoms with van der Waals surface area (Å²) in [5.41, 5.74) is 0.922. The lowest BCUT2D eigenvalue weighted by Crippen LogP contribution is -2.42. The zero-order chi connectivity index (χ0) is 12.1. The first-order valence-corrected chi connectivity index (χ1v) is 5.49. The number of nitrogens with one attached hydrogen (secondary N) is 1. The Labute approximate surface area is 99.3 Å². The van der Waals surface area contributed by atoms with Crippen LogP contribution in [0.5, 0.6) is 0 Å². The molecule has 17 heavy (non-hydrogen) atoms. The fraction of sp³-hybridized carbons (Fsp3) is 0.417. The van der Waals surface area contributed by atoms with Gasteiger partial charge in [-0.15, -0.1) is 0 Å². The monoisotopic (exact) mass is 237 g/mol. The van der Waals surface area contributed by atoms with Crippen molar-refractivity contribution in [2.75, 3.05) is 13.2 Å². The molecular weight excluding hydrogens is 222 g/mol. The SMILES string of the molecule is O=C(N[C@H]1COC[C@@H]1O)OCc1ccccc1. The van der Waals surface area contributed by atoms with Crippen molar-refractivity contribution in [1.82, 2.24) is 5.32 Å². The largest absolute Gasteiger partial charge is 0.445 e. The molecule has 92 valence electrons. The van der Waals surface area contributed by atoms with Crippen molar-refractivity contribution in [2.24, 2.45) is 0 Å². The van der Waals surface area contributed by atoms with Crippen molar-refractivity contribution in [3.63, 3.8) is 0 Å². The van der Waals surface area contributed by atoms with E-state index in [1.54, 1.807) is 0 Å². The van der Waals surface area contributed by atoms with Gasteiger partial charge in [-0.25, -0.2) is 4.79 Å². The molecule has 1 aromatic carbocycles. The summed E-state index contributed by atoms with van der Waals surface area (Å²) in [5.74, 6) is 0. The number of ether oxygens (including phenoxy) is 2. The maximum atomic E-state index is 11.4. The molecule has 0 bridgehead atoms. The molecule has 2 atom stereocenters. The molecular formula is C12H15NO4. The summed E-state index contributed by atoms with van der Waals surface area (Å²) in [6.45, 7) is 0.793. The highest BCUT2D eigenvalue weighted by Gasteiger charge is 2.27. The van der Waals surface area contributed by atoms with E-state index in [-0.39, 0.29) is 19.3 Å². The predicted octanol–water partition coefficient (Wildman–Crippen LogP) is 0.672. The van der Waals surface area contributed by atoms with Crippen LogP contribution in [0.15, 0.2) is 30.3 Å². The first-order valence-electron chi connectivity index (χ1n) is 5.49. The van der Waals surface area contributed by atoms with Gasteiger partial charge in [-0.2, -0.15) is 0 Å². The molecule has 0 spiro atoms. The minimum atomic E-state index is -0.653. The van der Waals surface area contributed by atoms with Gasteiger partial charge in [-0.05, 0) is 5.56 Å². The van der Waals surface area contributed by atoms with E-state index in [1.165, 1.54) is 0 Å². The van der Waals surface area contributed by atoms with Gasteiger partial charge in [0.25, 0.3) is 0 Å². The third kappa shape index (κ3) is 3.44. The van der Waals surface area contributed by atoms with Crippen LogP contribution in [-0.2, 0) is 16.1 Å². The molecule has 1 saturated heterocycles. The zero-order valence-electron chi connectivity index (χ0n) is 9.33. The Kier molecular flexibility index (Phi) is 3.95. The number of alkyl carbamates (subject to hydrolysis) is 1. The summed E-state index contributed by atoms with van der Waals surface area (Å²) < 4.78 is 10.0. The summed E-state index contributed by atoms with van der Waals surface area (Å²) in [5, 5.41) is 12.0. The van der Waals surface area contributed by atoms with Gasteiger partial charge in [0.1, 0.15) is 6.61 Å². The van der Waals surface area contributed by atoms with Crippen LogP contribution in [0, 0.1) is 0 Å². The molecule has 5 heteroatoms. The van der Waals surface area contributed by atoms with E-state index in [0.717, 1.165) is 5.56 Å². The van der Waals surface area contributed by atoms with E-state index in [0.29, 0.717) is 6.61 Å². The number of aliphatic hydroxyl groups is 1. The molecule has 0 saturated carbocycles. The highest BCUT2D eigenvalue weighted by Crippen LogP contribution is 2.06. The Morgan fingerprint density at radius 2 is 2.18 bits per heavy atom. The van der Waals surface area contributed by atoms with Crippen LogP contribution in [0.2, 0.25) is 0 Å². The standard InChI is InChI=1S/C12H15NO4/c14-11-8-16-7-10(11)13-12(15)17-6-9-4-2-1-3-5-9/h1-5,10-11,14H,6-8H2,(H,13,15)/t10-,11-/m0/s1. The lowest BCUT2D eigenvalue weighted by Gasteiger charge is -2.14. The lowest BCUT2D eigenvalue weighted by molar-refractivity contribution is 0.112. The van der Waals surface area contributed by atoms with Crippen molar-refractivity contribution in [3.8, 4) is 0 Å². The van der Waals surface area contributed by atoms with Crippen LogP contribution in [0.1, 0.15) is 5.56 Å². The molecule has 0 radical (unpaired) electrons. The molecule has 1 aliphatic heterocycles. The van der Waals surface area contributed by atoms with Crippen LogP contribution in [0.3, 0.4) is 0 Å². The van der Waals surface area contributed by atoms with Crippen molar-refractivity contribution >= 4 is 6.09 Å². The Hall–Kier alpha value is -1.59. The van der Waals surface area contributed by atoms with Gasteiger partial charge in [0.2, 0.25) is 0 Å². The molecule has 1 aliphatic rings. The number of carbonyl (C=O) groups excluding carboxylic acids is 1. The van der Waals surface area contributed by atoms with Crippen molar-refractivity contribution in [1.29, 1.82) is 0 Å². The Bertz CT molecular complexity index is 368. The van der Waals surface area contributed by atoms with Gasteiger partial charge in [-0.3, -0.25) is 0 Å². The number of benzene rings is 1. The third-order valence-electron chi connectivity index (χ3n) is 2.57. The molecule has 0 aromatic heterocycles. The van der Waals surface area contributed by atoms with E-state index in [2.05, 4.69) is 5.32 Å².